The lowest BCUT2D eigenvalue weighted by Gasteiger charge is -2.28. The van der Waals surface area contributed by atoms with E-state index in [0.717, 1.165) is 4.90 Å². The molecule has 12 heteroatoms. The first-order chi connectivity index (χ1) is 15.6. The van der Waals surface area contributed by atoms with Gasteiger partial charge in [-0.25, -0.2) is 4.39 Å². The zero-order valence-electron chi connectivity index (χ0n) is 17.3. The summed E-state index contributed by atoms with van der Waals surface area (Å²) in [5, 5.41) is -6.24. The standard InChI is InChI=1S/C18H14FS.C4H4F6O3S/c19-15-11-13-18(14-12-15)20(16-7-3-1-4-8-16)17-9-5-2-6-10-17;1-2(5,6)3(7,8)4(9,10)14(11,12)13/h1-14H;1H3,(H,11,12,13)/q+1;. The molecule has 0 heterocycles. The van der Waals surface area contributed by atoms with Gasteiger partial charge in [-0.05, 0) is 48.5 Å². The second kappa shape index (κ2) is 10.4. The molecule has 0 amide bonds. The van der Waals surface area contributed by atoms with Crippen LogP contribution in [0.4, 0.5) is 30.7 Å². The fraction of sp³-hybridized carbons (Fsp3) is 0.182. The molecule has 0 aromatic heterocycles. The van der Waals surface area contributed by atoms with E-state index in [9.17, 15) is 39.2 Å². The highest BCUT2D eigenvalue weighted by molar-refractivity contribution is 7.97. The smallest absolute Gasteiger partial charge is 0.281 e. The van der Waals surface area contributed by atoms with Crippen LogP contribution in [0.2, 0.25) is 0 Å². The molecule has 3 nitrogen and oxygen atoms in total. The molecule has 1 N–H and O–H groups in total. The minimum atomic E-state index is -6.61. The van der Waals surface area contributed by atoms with Crippen LogP contribution in [-0.4, -0.2) is 30.1 Å². The highest BCUT2D eigenvalue weighted by atomic mass is 32.2. The van der Waals surface area contributed by atoms with Crippen molar-refractivity contribution in [3.05, 3.63) is 90.7 Å². The number of hydrogen-bond acceptors (Lipinski definition) is 2. The van der Waals surface area contributed by atoms with Crippen LogP contribution in [0.5, 0.6) is 0 Å². The molecule has 0 saturated heterocycles. The van der Waals surface area contributed by atoms with E-state index in [-0.39, 0.29) is 16.7 Å². The van der Waals surface area contributed by atoms with E-state index >= 15 is 0 Å². The third kappa shape index (κ3) is 6.10. The Labute approximate surface area is 194 Å². The highest BCUT2D eigenvalue weighted by Crippen LogP contribution is 2.47. The van der Waals surface area contributed by atoms with Gasteiger partial charge in [-0.3, -0.25) is 4.55 Å². The Balaban J connectivity index is 0.000000259. The molecule has 0 spiro atoms. The molecule has 0 aliphatic rings. The molecule has 0 bridgehead atoms. The van der Waals surface area contributed by atoms with Crippen molar-refractivity contribution >= 4 is 21.0 Å². The van der Waals surface area contributed by atoms with Crippen molar-refractivity contribution in [2.24, 2.45) is 0 Å². The van der Waals surface area contributed by atoms with Crippen LogP contribution in [0.15, 0.2) is 99.6 Å². The summed E-state index contributed by atoms with van der Waals surface area (Å²) in [5.41, 5.74) is 0. The summed E-state index contributed by atoms with van der Waals surface area (Å²) < 4.78 is 113. The third-order valence-corrected chi connectivity index (χ3v) is 7.38. The van der Waals surface area contributed by atoms with E-state index in [1.165, 1.54) is 21.9 Å². The van der Waals surface area contributed by atoms with E-state index in [1.54, 1.807) is 0 Å². The average molecular weight is 528 g/mol. The maximum atomic E-state index is 13.2. The van der Waals surface area contributed by atoms with Gasteiger partial charge in [-0.15, -0.1) is 0 Å². The van der Waals surface area contributed by atoms with Crippen molar-refractivity contribution < 1.29 is 43.7 Å². The van der Waals surface area contributed by atoms with Crippen molar-refractivity contribution in [3.8, 4) is 0 Å². The quantitative estimate of drug-likeness (QED) is 0.221. The van der Waals surface area contributed by atoms with Crippen molar-refractivity contribution in [2.45, 2.75) is 38.7 Å². The molecule has 0 atom stereocenters. The molecular formula is C22H18F7O3S2+. The lowest BCUT2D eigenvalue weighted by molar-refractivity contribution is -0.273. The zero-order valence-corrected chi connectivity index (χ0v) is 18.9. The number of hydrogen-bond donors (Lipinski definition) is 1. The molecule has 34 heavy (non-hydrogen) atoms. The van der Waals surface area contributed by atoms with Crippen LogP contribution < -0.4 is 0 Å². The van der Waals surface area contributed by atoms with Gasteiger partial charge in [-0.1, -0.05) is 36.4 Å². The number of benzene rings is 3. The molecule has 0 aliphatic heterocycles. The summed E-state index contributed by atoms with van der Waals surface area (Å²) >= 11 is 0. The summed E-state index contributed by atoms with van der Waals surface area (Å²) in [7, 11) is -6.80. The Hall–Kier alpha value is -2.57. The van der Waals surface area contributed by atoms with Gasteiger partial charge in [-0.2, -0.15) is 34.8 Å². The minimum absolute atomic E-state index is 0.190. The fourth-order valence-electron chi connectivity index (χ4n) is 2.51. The van der Waals surface area contributed by atoms with Gasteiger partial charge in [0.15, 0.2) is 14.7 Å². The monoisotopic (exact) mass is 527 g/mol. The Morgan fingerprint density at radius 2 is 1.03 bits per heavy atom. The highest BCUT2D eigenvalue weighted by Gasteiger charge is 2.75. The summed E-state index contributed by atoms with van der Waals surface area (Å²) in [6, 6.07) is 27.5. The van der Waals surface area contributed by atoms with Crippen molar-refractivity contribution in [1.82, 2.24) is 0 Å². The summed E-state index contributed by atoms with van der Waals surface area (Å²) in [4.78, 5) is 3.61. The van der Waals surface area contributed by atoms with Gasteiger partial charge in [0.1, 0.15) is 5.82 Å². The Bertz CT molecular complexity index is 1130. The third-order valence-electron chi connectivity index (χ3n) is 4.25. The summed E-state index contributed by atoms with van der Waals surface area (Å²) in [6.45, 7) is -0.591. The van der Waals surface area contributed by atoms with Crippen LogP contribution in [0.25, 0.3) is 0 Å². The van der Waals surface area contributed by atoms with Crippen LogP contribution in [0.1, 0.15) is 6.92 Å². The van der Waals surface area contributed by atoms with Crippen molar-refractivity contribution in [1.29, 1.82) is 0 Å². The molecule has 0 saturated carbocycles. The molecule has 3 rings (SSSR count). The molecule has 0 fully saturated rings. The van der Waals surface area contributed by atoms with Crippen LogP contribution >= 0.6 is 0 Å². The fourth-order valence-corrected chi connectivity index (χ4v) is 5.10. The van der Waals surface area contributed by atoms with Crippen molar-refractivity contribution in [2.75, 3.05) is 0 Å². The molecule has 3 aromatic carbocycles. The maximum Gasteiger partial charge on any atom is 0.437 e. The van der Waals surface area contributed by atoms with Crippen LogP contribution in [0, 0.1) is 5.82 Å². The van der Waals surface area contributed by atoms with Crippen LogP contribution in [0.3, 0.4) is 0 Å². The largest absolute Gasteiger partial charge is 0.437 e. The maximum absolute atomic E-state index is 13.2. The van der Waals surface area contributed by atoms with E-state index in [1.807, 2.05) is 48.5 Å². The first-order valence-electron chi connectivity index (χ1n) is 9.30. The number of rotatable bonds is 6. The molecule has 0 unspecified atom stereocenters. The Kier molecular flexibility index (Phi) is 8.43. The predicted molar refractivity (Wildman–Crippen MR) is 114 cm³/mol. The summed E-state index contributed by atoms with van der Waals surface area (Å²) in [6.07, 6.45) is 0. The first-order valence-corrected chi connectivity index (χ1v) is 12.0. The first kappa shape index (κ1) is 27.7. The Morgan fingerprint density at radius 1 is 0.676 bits per heavy atom. The second-order valence-electron chi connectivity index (χ2n) is 6.84. The van der Waals surface area contributed by atoms with Gasteiger partial charge < -0.3 is 0 Å². The molecule has 184 valence electrons. The van der Waals surface area contributed by atoms with E-state index in [2.05, 4.69) is 24.3 Å². The van der Waals surface area contributed by atoms with Gasteiger partial charge in [0.25, 0.3) is 0 Å². The lowest BCUT2D eigenvalue weighted by atomic mass is 10.2. The Morgan fingerprint density at radius 3 is 1.32 bits per heavy atom. The van der Waals surface area contributed by atoms with Gasteiger partial charge in [0.05, 0.1) is 10.9 Å². The average Bonchev–Trinajstić information content (AvgIpc) is 2.76. The second-order valence-corrected chi connectivity index (χ2v) is 10.3. The summed E-state index contributed by atoms with van der Waals surface area (Å²) in [5.74, 6) is -11.7. The minimum Gasteiger partial charge on any atom is -0.281 e. The van der Waals surface area contributed by atoms with Gasteiger partial charge in [0, 0.05) is 6.92 Å². The SMILES string of the molecule is CC(F)(F)C(F)(F)C(F)(F)S(=O)(=O)O.Fc1ccc([S+](c2ccccc2)c2ccccc2)cc1. The molecule has 3 aromatic rings. The zero-order chi connectivity index (χ0) is 25.8. The van der Waals surface area contributed by atoms with E-state index < -0.39 is 34.1 Å². The predicted octanol–water partition coefficient (Wildman–Crippen LogP) is 6.68. The van der Waals surface area contributed by atoms with Crippen LogP contribution in [-0.2, 0) is 21.0 Å². The molecule has 0 aliphatic carbocycles. The van der Waals surface area contributed by atoms with Gasteiger partial charge >= 0.3 is 27.2 Å². The number of halogens is 7. The van der Waals surface area contributed by atoms with E-state index in [0.29, 0.717) is 0 Å². The molecule has 0 radical (unpaired) electrons. The van der Waals surface area contributed by atoms with E-state index in [4.69, 9.17) is 4.55 Å². The normalized spacial score (nSPS) is 12.8. The lowest BCUT2D eigenvalue weighted by Crippen LogP contribution is -2.56. The molecular weight excluding hydrogens is 509 g/mol. The topological polar surface area (TPSA) is 54.4 Å². The van der Waals surface area contributed by atoms with Gasteiger partial charge in [0.2, 0.25) is 0 Å². The number of alkyl halides is 6. The van der Waals surface area contributed by atoms with Crippen molar-refractivity contribution in [3.63, 3.8) is 0 Å².